The molecule has 13 heavy (non-hydrogen) atoms. The highest BCUT2D eigenvalue weighted by Gasteiger charge is 2.05. The predicted octanol–water partition coefficient (Wildman–Crippen LogP) is 3.12. The summed E-state index contributed by atoms with van der Waals surface area (Å²) in [6.45, 7) is 11.6. The largest absolute Gasteiger partial charge is 0.389 e. The van der Waals surface area contributed by atoms with Gasteiger partial charge in [0.1, 0.15) is 0 Å². The maximum atomic E-state index is 9.55. The second kappa shape index (κ2) is 6.90. The van der Waals surface area contributed by atoms with Gasteiger partial charge in [-0.15, -0.1) is 0 Å². The average molecular weight is 181 g/mol. The van der Waals surface area contributed by atoms with Crippen LogP contribution in [0.5, 0.6) is 0 Å². The highest BCUT2D eigenvalue weighted by Crippen LogP contribution is 2.13. The van der Waals surface area contributed by atoms with Crippen molar-refractivity contribution in [3.8, 4) is 0 Å². The van der Waals surface area contributed by atoms with Crippen LogP contribution in [-0.4, -0.2) is 11.2 Å². The fourth-order valence-electron chi connectivity index (χ4n) is 1.23. The number of hydrogen-bond donors (Lipinski definition) is 1. The van der Waals surface area contributed by atoms with E-state index in [-0.39, 0.29) is 6.10 Å². The Morgan fingerprint density at radius 1 is 1.54 bits per heavy atom. The summed E-state index contributed by atoms with van der Waals surface area (Å²) in [4.78, 5) is 0. The second-order valence-corrected chi connectivity index (χ2v) is 3.76. The number of aliphatic hydroxyl groups is 1. The Morgan fingerprint density at radius 2 is 2.15 bits per heavy atom. The Kier molecular flexibility index (Phi) is 6.61. The van der Waals surface area contributed by atoms with Crippen LogP contribution in [0.3, 0.4) is 0 Å². The van der Waals surface area contributed by atoms with Crippen molar-refractivity contribution in [3.63, 3.8) is 0 Å². The van der Waals surface area contributed by atoms with Crippen LogP contribution in [0.4, 0.5) is 0 Å². The first kappa shape index (κ1) is 12.4. The summed E-state index contributed by atoms with van der Waals surface area (Å²) < 4.78 is 0. The van der Waals surface area contributed by atoms with E-state index in [1.807, 2.05) is 19.1 Å². The summed E-state index contributed by atoms with van der Waals surface area (Å²) in [5.74, 6) is 0.544. The average Bonchev–Trinajstić information content (AvgIpc) is 2.01. The van der Waals surface area contributed by atoms with Gasteiger partial charge in [-0.05, 0) is 19.3 Å². The Morgan fingerprint density at radius 3 is 2.62 bits per heavy atom. The summed E-state index contributed by atoms with van der Waals surface area (Å²) >= 11 is 0. The molecule has 1 heteroatoms. The van der Waals surface area contributed by atoms with Gasteiger partial charge in [-0.25, -0.2) is 0 Å². The second-order valence-electron chi connectivity index (χ2n) is 3.76. The highest BCUT2D eigenvalue weighted by molar-refractivity contribution is 5.12. The van der Waals surface area contributed by atoms with Gasteiger partial charge in [0.15, 0.2) is 0 Å². The Hall–Kier alpha value is -0.560. The van der Waals surface area contributed by atoms with Crippen LogP contribution in [0.2, 0.25) is 0 Å². The zero-order valence-corrected chi connectivity index (χ0v) is 8.79. The first-order chi connectivity index (χ1) is 6.06. The molecule has 75 valence electrons. The van der Waals surface area contributed by atoms with E-state index in [1.54, 1.807) is 0 Å². The normalized spacial score (nSPS) is 16.0. The predicted molar refractivity (Wildman–Crippen MR) is 58.3 cm³/mol. The number of rotatable bonds is 6. The highest BCUT2D eigenvalue weighted by atomic mass is 16.3. The monoisotopic (exact) mass is 181 g/mol. The van der Waals surface area contributed by atoms with Crippen LogP contribution < -0.4 is 0 Å². The smallest absolute Gasteiger partial charge is 0.0726 e. The standard InChI is InChI=1S/C12H21O/c1-5-6-11(4)9-12(13)8-7-10(2)3/h7-8,11-13H,1-2,5-6,9H2,3-4H3. The maximum Gasteiger partial charge on any atom is 0.0726 e. The van der Waals surface area contributed by atoms with E-state index in [9.17, 15) is 5.11 Å². The van der Waals surface area contributed by atoms with E-state index in [1.165, 1.54) is 0 Å². The molecule has 0 spiro atoms. The third kappa shape index (κ3) is 7.79. The zero-order valence-electron chi connectivity index (χ0n) is 8.79. The lowest BCUT2D eigenvalue weighted by atomic mass is 9.98. The van der Waals surface area contributed by atoms with Crippen LogP contribution >= 0.6 is 0 Å². The summed E-state index contributed by atoms with van der Waals surface area (Å²) in [6, 6.07) is 0. The van der Waals surface area contributed by atoms with Crippen molar-refractivity contribution in [1.82, 2.24) is 0 Å². The third-order valence-electron chi connectivity index (χ3n) is 1.94. The molecule has 1 nitrogen and oxygen atoms in total. The lowest BCUT2D eigenvalue weighted by molar-refractivity contribution is 0.188. The lowest BCUT2D eigenvalue weighted by Crippen LogP contribution is -2.08. The molecule has 0 aromatic carbocycles. The van der Waals surface area contributed by atoms with E-state index in [0.29, 0.717) is 5.92 Å². The molecule has 0 aliphatic heterocycles. The quantitative estimate of drug-likeness (QED) is 0.624. The number of hydrogen-bond acceptors (Lipinski definition) is 1. The molecular weight excluding hydrogens is 160 g/mol. The molecule has 1 radical (unpaired) electrons. The molecule has 0 heterocycles. The van der Waals surface area contributed by atoms with Gasteiger partial charge in [0.25, 0.3) is 0 Å². The van der Waals surface area contributed by atoms with Gasteiger partial charge in [-0.2, -0.15) is 0 Å². The summed E-state index contributed by atoms with van der Waals surface area (Å²) in [7, 11) is 0. The molecule has 0 bridgehead atoms. The molecule has 0 aromatic rings. The minimum Gasteiger partial charge on any atom is -0.389 e. The Balaban J connectivity index is 3.72. The Bertz CT molecular complexity index is 170. The van der Waals surface area contributed by atoms with Gasteiger partial charge in [-0.1, -0.05) is 51.0 Å². The van der Waals surface area contributed by atoms with Crippen molar-refractivity contribution >= 4 is 0 Å². The summed E-state index contributed by atoms with van der Waals surface area (Å²) in [6.07, 6.45) is 6.18. The fourth-order valence-corrected chi connectivity index (χ4v) is 1.23. The van der Waals surface area contributed by atoms with Gasteiger partial charge >= 0.3 is 0 Å². The fraction of sp³-hybridized carbons (Fsp3) is 0.583. The van der Waals surface area contributed by atoms with Crippen LogP contribution in [0, 0.1) is 12.8 Å². The first-order valence-corrected chi connectivity index (χ1v) is 4.87. The minimum atomic E-state index is -0.335. The van der Waals surface area contributed by atoms with E-state index in [2.05, 4.69) is 20.4 Å². The molecule has 0 aliphatic carbocycles. The lowest BCUT2D eigenvalue weighted by Gasteiger charge is -2.12. The van der Waals surface area contributed by atoms with Crippen LogP contribution in [-0.2, 0) is 0 Å². The van der Waals surface area contributed by atoms with Crippen molar-refractivity contribution < 1.29 is 5.11 Å². The third-order valence-corrected chi connectivity index (χ3v) is 1.94. The summed E-state index contributed by atoms with van der Waals surface area (Å²) in [5, 5.41) is 9.55. The molecule has 0 fully saturated rings. The SMILES string of the molecule is [CH2]CCC(C)CC(O)C=CC(=C)C. The molecule has 0 saturated heterocycles. The zero-order chi connectivity index (χ0) is 10.3. The molecule has 0 rings (SSSR count). The van der Waals surface area contributed by atoms with Gasteiger partial charge in [-0.3, -0.25) is 0 Å². The molecule has 0 aliphatic rings. The number of aliphatic hydroxyl groups excluding tert-OH is 1. The van der Waals surface area contributed by atoms with Crippen molar-refractivity contribution in [2.75, 3.05) is 0 Å². The van der Waals surface area contributed by atoms with Crippen LogP contribution in [0.1, 0.15) is 33.1 Å². The van der Waals surface area contributed by atoms with E-state index >= 15 is 0 Å². The topological polar surface area (TPSA) is 20.2 Å². The van der Waals surface area contributed by atoms with Crippen LogP contribution in [0.25, 0.3) is 0 Å². The first-order valence-electron chi connectivity index (χ1n) is 4.87. The number of allylic oxidation sites excluding steroid dienone is 2. The maximum absolute atomic E-state index is 9.55. The molecule has 0 saturated carbocycles. The molecule has 2 atom stereocenters. The molecule has 0 amide bonds. The van der Waals surface area contributed by atoms with E-state index in [4.69, 9.17) is 0 Å². The van der Waals surface area contributed by atoms with Gasteiger partial charge in [0.05, 0.1) is 6.10 Å². The van der Waals surface area contributed by atoms with E-state index in [0.717, 1.165) is 24.8 Å². The van der Waals surface area contributed by atoms with Crippen molar-refractivity contribution in [2.45, 2.75) is 39.2 Å². The summed E-state index contributed by atoms with van der Waals surface area (Å²) in [5.41, 5.74) is 0.976. The van der Waals surface area contributed by atoms with Gasteiger partial charge in [0.2, 0.25) is 0 Å². The van der Waals surface area contributed by atoms with Crippen molar-refractivity contribution in [1.29, 1.82) is 0 Å². The molecule has 1 N–H and O–H groups in total. The van der Waals surface area contributed by atoms with Crippen molar-refractivity contribution in [2.24, 2.45) is 5.92 Å². The van der Waals surface area contributed by atoms with Gasteiger partial charge < -0.3 is 5.11 Å². The van der Waals surface area contributed by atoms with Crippen LogP contribution in [0.15, 0.2) is 24.3 Å². The van der Waals surface area contributed by atoms with Crippen molar-refractivity contribution in [3.05, 3.63) is 31.2 Å². The molecule has 0 aromatic heterocycles. The Labute approximate surface area is 82.2 Å². The molecule has 2 unspecified atom stereocenters. The van der Waals surface area contributed by atoms with Gasteiger partial charge in [0, 0.05) is 0 Å². The minimum absolute atomic E-state index is 0.335. The van der Waals surface area contributed by atoms with E-state index < -0.39 is 0 Å². The molecular formula is C12H21O.